The van der Waals surface area contributed by atoms with Crippen LogP contribution in [0.1, 0.15) is 5.56 Å². The second-order valence-electron chi connectivity index (χ2n) is 3.26. The van der Waals surface area contributed by atoms with Gasteiger partial charge >= 0.3 is 0 Å². The molecule has 0 aliphatic heterocycles. The molecule has 0 saturated carbocycles. The predicted molar refractivity (Wildman–Crippen MR) is 54.8 cm³/mol. The van der Waals surface area contributed by atoms with Gasteiger partial charge in [-0.25, -0.2) is 4.68 Å². The highest BCUT2D eigenvalue weighted by molar-refractivity contribution is 5.85. The Labute approximate surface area is 80.2 Å². The third kappa shape index (κ3) is 1.12. The van der Waals surface area contributed by atoms with E-state index in [9.17, 15) is 9.90 Å². The molecule has 1 aromatic heterocycles. The van der Waals surface area contributed by atoms with Crippen molar-refractivity contribution in [2.24, 2.45) is 0 Å². The summed E-state index contributed by atoms with van der Waals surface area (Å²) in [7, 11) is 0. The number of pyridine rings is 1. The van der Waals surface area contributed by atoms with E-state index >= 15 is 0 Å². The van der Waals surface area contributed by atoms with Crippen molar-refractivity contribution in [1.29, 1.82) is 0 Å². The van der Waals surface area contributed by atoms with Gasteiger partial charge < -0.3 is 10.9 Å². The maximum Gasteiger partial charge on any atom is 0.272 e. The van der Waals surface area contributed by atoms with Gasteiger partial charge in [-0.3, -0.25) is 4.79 Å². The van der Waals surface area contributed by atoms with Crippen molar-refractivity contribution in [2.75, 3.05) is 5.84 Å². The van der Waals surface area contributed by atoms with Gasteiger partial charge in [0.1, 0.15) is 5.75 Å². The Morgan fingerprint density at radius 1 is 1.36 bits per heavy atom. The van der Waals surface area contributed by atoms with Gasteiger partial charge in [-0.05, 0) is 19.1 Å². The molecular weight excluding hydrogens is 180 g/mol. The van der Waals surface area contributed by atoms with Gasteiger partial charge in [0.05, 0.1) is 5.52 Å². The van der Waals surface area contributed by atoms with Crippen LogP contribution in [0.2, 0.25) is 0 Å². The van der Waals surface area contributed by atoms with Gasteiger partial charge in [-0.2, -0.15) is 0 Å². The Balaban J connectivity index is 3.02. The molecule has 0 aliphatic carbocycles. The van der Waals surface area contributed by atoms with E-state index in [0.29, 0.717) is 10.9 Å². The summed E-state index contributed by atoms with van der Waals surface area (Å²) in [5.41, 5.74) is 1.12. The summed E-state index contributed by atoms with van der Waals surface area (Å²) in [5.74, 6) is 5.50. The van der Waals surface area contributed by atoms with E-state index in [-0.39, 0.29) is 5.75 Å². The molecule has 1 heterocycles. The van der Waals surface area contributed by atoms with Gasteiger partial charge in [-0.15, -0.1) is 0 Å². The van der Waals surface area contributed by atoms with E-state index in [0.717, 1.165) is 16.3 Å². The minimum atomic E-state index is -0.418. The molecule has 2 rings (SSSR count). The van der Waals surface area contributed by atoms with Crippen LogP contribution in [0.4, 0.5) is 0 Å². The lowest BCUT2D eigenvalue weighted by molar-refractivity contribution is 0.479. The molecule has 1 aromatic carbocycles. The van der Waals surface area contributed by atoms with E-state index in [2.05, 4.69) is 0 Å². The Bertz CT molecular complexity index is 558. The van der Waals surface area contributed by atoms with Crippen LogP contribution >= 0.6 is 0 Å². The summed E-state index contributed by atoms with van der Waals surface area (Å²) < 4.78 is 1.02. The molecule has 14 heavy (non-hydrogen) atoms. The summed E-state index contributed by atoms with van der Waals surface area (Å²) in [6.45, 7) is 1.91. The van der Waals surface area contributed by atoms with Gasteiger partial charge in [0.15, 0.2) is 0 Å². The number of aromatic hydroxyl groups is 1. The zero-order valence-electron chi connectivity index (χ0n) is 7.69. The monoisotopic (exact) mass is 190 g/mol. The number of fused-ring (bicyclic) bond motifs is 1. The van der Waals surface area contributed by atoms with Crippen LogP contribution < -0.4 is 11.4 Å². The summed E-state index contributed by atoms with van der Waals surface area (Å²) in [4.78, 5) is 11.2. The SMILES string of the molecule is Cc1ccc2c(c1)c(O)cc(=O)n2N. The van der Waals surface area contributed by atoms with Crippen molar-refractivity contribution in [3.63, 3.8) is 0 Å². The van der Waals surface area contributed by atoms with Crippen molar-refractivity contribution in [3.8, 4) is 5.75 Å². The summed E-state index contributed by atoms with van der Waals surface area (Å²) in [6.07, 6.45) is 0. The molecule has 2 aromatic rings. The molecule has 0 bridgehead atoms. The third-order valence-electron chi connectivity index (χ3n) is 2.19. The van der Waals surface area contributed by atoms with Crippen LogP contribution in [0.3, 0.4) is 0 Å². The fraction of sp³-hybridized carbons (Fsp3) is 0.100. The molecule has 0 radical (unpaired) electrons. The average Bonchev–Trinajstić information content (AvgIpc) is 2.14. The number of nitrogens with zero attached hydrogens (tertiary/aromatic N) is 1. The molecular formula is C10H10N2O2. The largest absolute Gasteiger partial charge is 0.507 e. The minimum absolute atomic E-state index is 0.0320. The lowest BCUT2D eigenvalue weighted by Crippen LogP contribution is -2.26. The molecule has 0 saturated heterocycles. The highest BCUT2D eigenvalue weighted by atomic mass is 16.3. The quantitative estimate of drug-likeness (QED) is 0.602. The first-order valence-electron chi connectivity index (χ1n) is 4.20. The fourth-order valence-electron chi connectivity index (χ4n) is 1.45. The highest BCUT2D eigenvalue weighted by Crippen LogP contribution is 2.22. The number of benzene rings is 1. The molecule has 0 unspecified atom stereocenters. The van der Waals surface area contributed by atoms with Gasteiger partial charge in [0.2, 0.25) is 0 Å². The lowest BCUT2D eigenvalue weighted by Gasteiger charge is -2.06. The normalized spacial score (nSPS) is 10.6. The van der Waals surface area contributed by atoms with Crippen molar-refractivity contribution >= 4 is 10.9 Å². The standard InChI is InChI=1S/C10H10N2O2/c1-6-2-3-8-7(4-6)9(13)5-10(14)12(8)11/h2-5,13H,11H2,1H3. The highest BCUT2D eigenvalue weighted by Gasteiger charge is 2.05. The number of hydrogen-bond acceptors (Lipinski definition) is 3. The van der Waals surface area contributed by atoms with E-state index in [1.165, 1.54) is 0 Å². The molecule has 4 heteroatoms. The first-order chi connectivity index (χ1) is 6.59. The zero-order chi connectivity index (χ0) is 10.3. The van der Waals surface area contributed by atoms with Crippen molar-refractivity contribution in [2.45, 2.75) is 6.92 Å². The number of hydrogen-bond donors (Lipinski definition) is 2. The molecule has 72 valence electrons. The van der Waals surface area contributed by atoms with Gasteiger partial charge in [-0.1, -0.05) is 11.6 Å². The molecule has 0 spiro atoms. The van der Waals surface area contributed by atoms with E-state index in [4.69, 9.17) is 5.84 Å². The molecule has 0 amide bonds. The van der Waals surface area contributed by atoms with Crippen LogP contribution in [0.15, 0.2) is 29.1 Å². The average molecular weight is 190 g/mol. The van der Waals surface area contributed by atoms with Crippen LogP contribution in [-0.4, -0.2) is 9.78 Å². The Morgan fingerprint density at radius 3 is 2.79 bits per heavy atom. The second kappa shape index (κ2) is 2.77. The number of nitrogen functional groups attached to an aromatic ring is 1. The van der Waals surface area contributed by atoms with E-state index in [1.54, 1.807) is 12.1 Å². The molecule has 0 fully saturated rings. The Hall–Kier alpha value is -1.97. The van der Waals surface area contributed by atoms with Crippen LogP contribution in [0.5, 0.6) is 5.75 Å². The predicted octanol–water partition coefficient (Wildman–Crippen LogP) is 0.729. The van der Waals surface area contributed by atoms with E-state index in [1.807, 2.05) is 13.0 Å². The Morgan fingerprint density at radius 2 is 2.07 bits per heavy atom. The number of aryl methyl sites for hydroxylation is 1. The number of aromatic nitrogens is 1. The minimum Gasteiger partial charge on any atom is -0.507 e. The summed E-state index contributed by atoms with van der Waals surface area (Å²) in [6, 6.07) is 6.45. The molecule has 4 nitrogen and oxygen atoms in total. The maximum absolute atomic E-state index is 11.2. The van der Waals surface area contributed by atoms with Crippen LogP contribution in [0.25, 0.3) is 10.9 Å². The van der Waals surface area contributed by atoms with Crippen LogP contribution in [-0.2, 0) is 0 Å². The summed E-state index contributed by atoms with van der Waals surface area (Å²) in [5, 5.41) is 10.1. The van der Waals surface area contributed by atoms with Gasteiger partial charge in [0, 0.05) is 11.5 Å². The topological polar surface area (TPSA) is 68.2 Å². The molecule has 0 atom stereocenters. The zero-order valence-corrected chi connectivity index (χ0v) is 7.69. The van der Waals surface area contributed by atoms with Crippen molar-refractivity contribution < 1.29 is 5.11 Å². The fourth-order valence-corrected chi connectivity index (χ4v) is 1.45. The second-order valence-corrected chi connectivity index (χ2v) is 3.26. The number of nitrogens with two attached hydrogens (primary N) is 1. The number of rotatable bonds is 0. The van der Waals surface area contributed by atoms with Crippen LogP contribution in [0, 0.1) is 6.92 Å². The third-order valence-corrected chi connectivity index (χ3v) is 2.19. The van der Waals surface area contributed by atoms with Gasteiger partial charge in [0.25, 0.3) is 5.56 Å². The molecule has 3 N–H and O–H groups in total. The first-order valence-corrected chi connectivity index (χ1v) is 4.20. The molecule has 0 aliphatic rings. The smallest absolute Gasteiger partial charge is 0.272 e. The van der Waals surface area contributed by atoms with E-state index < -0.39 is 5.56 Å². The van der Waals surface area contributed by atoms with Crippen molar-refractivity contribution in [1.82, 2.24) is 4.68 Å². The summed E-state index contributed by atoms with van der Waals surface area (Å²) >= 11 is 0. The maximum atomic E-state index is 11.2. The van der Waals surface area contributed by atoms with Crippen molar-refractivity contribution in [3.05, 3.63) is 40.2 Å². The Kier molecular flexibility index (Phi) is 1.70. The first kappa shape index (κ1) is 8.62. The lowest BCUT2D eigenvalue weighted by atomic mass is 10.1.